The van der Waals surface area contributed by atoms with Crippen LogP contribution in [0.3, 0.4) is 0 Å². The maximum atomic E-state index is 12.5. The zero-order chi connectivity index (χ0) is 16.2. The number of nitrogens with zero attached hydrogens (tertiary/aromatic N) is 3. The molecule has 1 amide bonds. The Morgan fingerprint density at radius 3 is 2.74 bits per heavy atom. The lowest BCUT2D eigenvalue weighted by Crippen LogP contribution is -2.25. The minimum absolute atomic E-state index is 0.0474. The summed E-state index contributed by atoms with van der Waals surface area (Å²) in [7, 11) is 1.78. The fourth-order valence-electron chi connectivity index (χ4n) is 2.29. The summed E-state index contributed by atoms with van der Waals surface area (Å²) in [6.07, 6.45) is 3.40. The second-order valence-electron chi connectivity index (χ2n) is 5.28. The monoisotopic (exact) mass is 345 g/mol. The highest BCUT2D eigenvalue weighted by Gasteiger charge is 2.15. The van der Waals surface area contributed by atoms with Crippen LogP contribution in [0.2, 0.25) is 4.34 Å². The van der Waals surface area contributed by atoms with E-state index in [9.17, 15) is 4.79 Å². The van der Waals surface area contributed by atoms with Crippen molar-refractivity contribution in [2.24, 2.45) is 0 Å². The predicted octanol–water partition coefficient (Wildman–Crippen LogP) is 3.92. The zero-order valence-corrected chi connectivity index (χ0v) is 14.2. The van der Waals surface area contributed by atoms with Gasteiger partial charge in [0.25, 0.3) is 5.91 Å². The molecule has 0 atom stereocenters. The molecule has 6 heteroatoms. The van der Waals surface area contributed by atoms with E-state index in [0.29, 0.717) is 18.7 Å². The number of amides is 1. The van der Waals surface area contributed by atoms with E-state index in [1.807, 2.05) is 42.5 Å². The van der Waals surface area contributed by atoms with Gasteiger partial charge in [0, 0.05) is 18.1 Å². The molecular formula is C17H16ClN3OS. The van der Waals surface area contributed by atoms with Crippen molar-refractivity contribution in [1.29, 1.82) is 0 Å². The molecule has 1 aromatic carbocycles. The van der Waals surface area contributed by atoms with Crippen LogP contribution in [0.25, 0.3) is 0 Å². The molecule has 2 aromatic heterocycles. The number of benzene rings is 1. The fraction of sp³-hybridized carbons (Fsp3) is 0.176. The Kier molecular flexibility index (Phi) is 4.79. The molecule has 0 fully saturated rings. The first kappa shape index (κ1) is 15.8. The molecule has 2 heterocycles. The molecular weight excluding hydrogens is 330 g/mol. The number of carbonyl (C=O) groups is 1. The minimum atomic E-state index is -0.0474. The van der Waals surface area contributed by atoms with Gasteiger partial charge in [-0.1, -0.05) is 41.9 Å². The van der Waals surface area contributed by atoms with E-state index in [4.69, 9.17) is 11.6 Å². The third kappa shape index (κ3) is 4.00. The molecule has 23 heavy (non-hydrogen) atoms. The lowest BCUT2D eigenvalue weighted by Gasteiger charge is -2.14. The Morgan fingerprint density at radius 2 is 2.04 bits per heavy atom. The molecule has 0 aliphatic rings. The molecule has 3 rings (SSSR count). The van der Waals surface area contributed by atoms with Gasteiger partial charge in [-0.15, -0.1) is 11.3 Å². The summed E-state index contributed by atoms with van der Waals surface area (Å²) in [5, 5.41) is 4.28. The van der Waals surface area contributed by atoms with Crippen molar-refractivity contribution in [3.05, 3.63) is 75.2 Å². The molecule has 118 valence electrons. The Morgan fingerprint density at radius 1 is 1.26 bits per heavy atom. The molecule has 4 nitrogen and oxygen atoms in total. The van der Waals surface area contributed by atoms with Crippen LogP contribution in [-0.2, 0) is 13.1 Å². The first-order valence-corrected chi connectivity index (χ1v) is 8.37. The number of carbonyl (C=O) groups excluding carboxylic acids is 1. The van der Waals surface area contributed by atoms with Crippen LogP contribution in [0.5, 0.6) is 0 Å². The maximum absolute atomic E-state index is 12.5. The van der Waals surface area contributed by atoms with E-state index in [-0.39, 0.29) is 5.91 Å². The van der Waals surface area contributed by atoms with E-state index in [1.54, 1.807) is 29.0 Å². The molecule has 0 saturated carbocycles. The van der Waals surface area contributed by atoms with Crippen LogP contribution < -0.4 is 0 Å². The standard InChI is InChI=1S/C17H16ClN3OS/c1-20(12-15-7-8-16(18)23-15)17(22)14-9-19-21(11-14)10-13-5-3-2-4-6-13/h2-9,11H,10,12H2,1H3. The van der Waals surface area contributed by atoms with Crippen LogP contribution in [0.4, 0.5) is 0 Å². The van der Waals surface area contributed by atoms with E-state index < -0.39 is 0 Å². The predicted molar refractivity (Wildman–Crippen MR) is 92.9 cm³/mol. The van der Waals surface area contributed by atoms with Crippen molar-refractivity contribution < 1.29 is 4.79 Å². The first-order chi connectivity index (χ1) is 11.1. The highest BCUT2D eigenvalue weighted by molar-refractivity contribution is 7.16. The normalized spacial score (nSPS) is 10.7. The third-order valence-corrected chi connectivity index (χ3v) is 4.65. The lowest BCUT2D eigenvalue weighted by atomic mass is 10.2. The Balaban J connectivity index is 1.65. The Bertz CT molecular complexity index is 797. The van der Waals surface area contributed by atoms with Crippen LogP contribution in [0.15, 0.2) is 54.9 Å². The number of rotatable bonds is 5. The number of halogens is 1. The Hall–Kier alpha value is -2.11. The highest BCUT2D eigenvalue weighted by atomic mass is 35.5. The molecule has 0 unspecified atom stereocenters. The number of thiophene rings is 1. The van der Waals surface area contributed by atoms with Crippen molar-refractivity contribution in [3.63, 3.8) is 0 Å². The van der Waals surface area contributed by atoms with Gasteiger partial charge in [-0.25, -0.2) is 0 Å². The van der Waals surface area contributed by atoms with E-state index in [0.717, 1.165) is 14.8 Å². The van der Waals surface area contributed by atoms with Crippen molar-refractivity contribution in [1.82, 2.24) is 14.7 Å². The van der Waals surface area contributed by atoms with E-state index in [2.05, 4.69) is 5.10 Å². The summed E-state index contributed by atoms with van der Waals surface area (Å²) in [5.74, 6) is -0.0474. The average Bonchev–Trinajstić information content (AvgIpc) is 3.17. The van der Waals surface area contributed by atoms with Gasteiger partial charge in [0.1, 0.15) is 0 Å². The molecule has 0 aliphatic heterocycles. The Labute approximate surface area is 143 Å². The first-order valence-electron chi connectivity index (χ1n) is 7.18. The van der Waals surface area contributed by atoms with Gasteiger partial charge < -0.3 is 4.90 Å². The van der Waals surface area contributed by atoms with Gasteiger partial charge in [-0.05, 0) is 17.7 Å². The van der Waals surface area contributed by atoms with Gasteiger partial charge >= 0.3 is 0 Å². The largest absolute Gasteiger partial charge is 0.336 e. The van der Waals surface area contributed by atoms with Crippen LogP contribution in [-0.4, -0.2) is 27.6 Å². The SMILES string of the molecule is CN(Cc1ccc(Cl)s1)C(=O)c1cnn(Cc2ccccc2)c1. The van der Waals surface area contributed by atoms with Gasteiger partial charge in [0.15, 0.2) is 0 Å². The number of aromatic nitrogens is 2. The van der Waals surface area contributed by atoms with Crippen LogP contribution in [0.1, 0.15) is 20.8 Å². The second-order valence-corrected chi connectivity index (χ2v) is 7.08. The quantitative estimate of drug-likeness (QED) is 0.703. The average molecular weight is 346 g/mol. The van der Waals surface area contributed by atoms with Gasteiger partial charge in [-0.2, -0.15) is 5.10 Å². The van der Waals surface area contributed by atoms with Gasteiger partial charge in [0.05, 0.1) is 29.2 Å². The topological polar surface area (TPSA) is 38.1 Å². The third-order valence-electron chi connectivity index (χ3n) is 3.44. The van der Waals surface area contributed by atoms with E-state index in [1.165, 1.54) is 11.3 Å². The smallest absolute Gasteiger partial charge is 0.257 e. The summed E-state index contributed by atoms with van der Waals surface area (Å²) < 4.78 is 2.51. The van der Waals surface area contributed by atoms with Crippen molar-refractivity contribution in [2.45, 2.75) is 13.1 Å². The summed E-state index contributed by atoms with van der Waals surface area (Å²) in [6.45, 7) is 1.19. The van der Waals surface area contributed by atoms with Crippen molar-refractivity contribution in [2.75, 3.05) is 7.05 Å². The molecule has 0 N–H and O–H groups in total. The molecule has 0 radical (unpaired) electrons. The number of hydrogen-bond acceptors (Lipinski definition) is 3. The van der Waals surface area contributed by atoms with Crippen molar-refractivity contribution >= 4 is 28.8 Å². The summed E-state index contributed by atoms with van der Waals surface area (Å²) in [6, 6.07) is 13.8. The second kappa shape index (κ2) is 6.98. The molecule has 0 bridgehead atoms. The zero-order valence-electron chi connectivity index (χ0n) is 12.6. The van der Waals surface area contributed by atoms with Gasteiger partial charge in [0.2, 0.25) is 0 Å². The molecule has 0 saturated heterocycles. The molecule has 0 aliphatic carbocycles. The maximum Gasteiger partial charge on any atom is 0.257 e. The highest BCUT2D eigenvalue weighted by Crippen LogP contribution is 2.22. The van der Waals surface area contributed by atoms with Crippen molar-refractivity contribution in [3.8, 4) is 0 Å². The summed E-state index contributed by atoms with van der Waals surface area (Å²) >= 11 is 7.41. The molecule has 0 spiro atoms. The minimum Gasteiger partial charge on any atom is -0.336 e. The molecule has 3 aromatic rings. The van der Waals surface area contributed by atoms with Crippen LogP contribution in [0, 0.1) is 0 Å². The van der Waals surface area contributed by atoms with Crippen LogP contribution >= 0.6 is 22.9 Å². The number of hydrogen-bond donors (Lipinski definition) is 0. The fourth-order valence-corrected chi connectivity index (χ4v) is 3.43. The summed E-state index contributed by atoms with van der Waals surface area (Å²) in [4.78, 5) is 15.2. The lowest BCUT2D eigenvalue weighted by molar-refractivity contribution is 0.0786. The summed E-state index contributed by atoms with van der Waals surface area (Å²) in [5.41, 5.74) is 1.74. The van der Waals surface area contributed by atoms with E-state index >= 15 is 0 Å². The van der Waals surface area contributed by atoms with Gasteiger partial charge in [-0.3, -0.25) is 9.48 Å².